The third-order valence-corrected chi connectivity index (χ3v) is 5.99. The van der Waals surface area contributed by atoms with E-state index in [4.69, 9.17) is 88.2 Å². The van der Waals surface area contributed by atoms with E-state index in [2.05, 4.69) is 6.92 Å². The first-order valence-electron chi connectivity index (χ1n) is 14.3. The highest BCUT2D eigenvalue weighted by Crippen LogP contribution is 2.34. The van der Waals surface area contributed by atoms with Crippen LogP contribution in [-0.2, 0) is 4.52 Å². The van der Waals surface area contributed by atoms with Gasteiger partial charge in [-0.05, 0) is 18.6 Å². The van der Waals surface area contributed by atoms with Gasteiger partial charge in [0.1, 0.15) is 5.75 Å². The van der Waals surface area contributed by atoms with Crippen LogP contribution in [0.25, 0.3) is 0 Å². The van der Waals surface area contributed by atoms with E-state index < -0.39 is 74.9 Å². The van der Waals surface area contributed by atoms with Crippen molar-refractivity contribution in [2.24, 2.45) is 5.41 Å². The molecule has 0 amide bonds. The average molecular weight is 805 g/mol. The zero-order valence-corrected chi connectivity index (χ0v) is 31.3. The SMILES string of the molecule is CCCCCCCCCCCCCOP(O)Oc1ccccc1.OCC(CO)(CO)CO.OP(O)O.OP(O)O.OP(O)O.OP(O)O. The Kier molecular flexibility index (Phi) is 54.7. The monoisotopic (exact) mass is 804 g/mol. The Bertz CT molecular complexity index is 646. The fourth-order valence-electron chi connectivity index (χ4n) is 2.81. The summed E-state index contributed by atoms with van der Waals surface area (Å²) in [5.41, 5.74) is -1.11. The summed E-state index contributed by atoms with van der Waals surface area (Å²) in [4.78, 5) is 96.5. The molecular formula is C24H57O19P5. The maximum atomic E-state index is 9.68. The number of benzene rings is 1. The average Bonchev–Trinajstić information content (AvgIpc) is 2.99. The number of para-hydroxylation sites is 1. The molecule has 0 aromatic heterocycles. The van der Waals surface area contributed by atoms with Crippen LogP contribution in [0.15, 0.2) is 30.3 Å². The van der Waals surface area contributed by atoms with Crippen LogP contribution in [0.2, 0.25) is 0 Å². The molecule has 24 heteroatoms. The Morgan fingerprint density at radius 3 is 1.04 bits per heavy atom. The summed E-state index contributed by atoms with van der Waals surface area (Å²) in [6.07, 6.45) is 14.4. The third-order valence-electron chi connectivity index (χ3n) is 5.22. The van der Waals surface area contributed by atoms with Crippen molar-refractivity contribution in [1.29, 1.82) is 0 Å². The van der Waals surface area contributed by atoms with E-state index in [0.717, 1.165) is 6.42 Å². The molecule has 0 fully saturated rings. The quantitative estimate of drug-likeness (QED) is 0.0692. The minimum absolute atomic E-state index is 0.406. The van der Waals surface area contributed by atoms with Gasteiger partial charge in [0.2, 0.25) is 0 Å². The highest BCUT2D eigenvalue weighted by molar-refractivity contribution is 7.41. The van der Waals surface area contributed by atoms with Gasteiger partial charge in [0.15, 0.2) is 0 Å². The Hall–Kier alpha value is 0.450. The topological polar surface area (TPSA) is 362 Å². The lowest BCUT2D eigenvalue weighted by molar-refractivity contribution is -0.0328. The van der Waals surface area contributed by atoms with Crippen LogP contribution in [0, 0.1) is 5.41 Å². The zero-order valence-electron chi connectivity index (χ0n) is 26.9. The standard InChI is InChI=1S/C19H33O3P.C5H12O4.4H3O3P/c1-2-3-4-5-6-7-8-9-10-11-15-18-21-23(20)22-19-16-13-12-14-17-19;6-1-5(2-7,3-8)4-9;4*1-4(2)3/h12-14,16-17,20H,2-11,15,18H2,1H3;6-9H,1-4H2;4*1-3H. The van der Waals surface area contributed by atoms with Gasteiger partial charge in [-0.2, -0.15) is 0 Å². The van der Waals surface area contributed by atoms with Crippen molar-refractivity contribution in [2.45, 2.75) is 77.6 Å². The number of hydrogen-bond acceptors (Lipinski definition) is 19. The van der Waals surface area contributed by atoms with E-state index in [-0.39, 0.29) is 0 Å². The minimum Gasteiger partial charge on any atom is -0.427 e. The Morgan fingerprint density at radius 2 is 0.771 bits per heavy atom. The van der Waals surface area contributed by atoms with Crippen LogP contribution >= 0.6 is 43.0 Å². The molecule has 1 aromatic rings. The second kappa shape index (κ2) is 45.5. The smallest absolute Gasteiger partial charge is 0.394 e. The summed E-state index contributed by atoms with van der Waals surface area (Å²) in [7, 11) is -12.3. The summed E-state index contributed by atoms with van der Waals surface area (Å²) in [6.45, 7) is 1.21. The molecule has 0 spiro atoms. The maximum absolute atomic E-state index is 9.68. The van der Waals surface area contributed by atoms with Crippen molar-refractivity contribution in [2.75, 3.05) is 33.0 Å². The van der Waals surface area contributed by atoms with Crippen LogP contribution in [0.4, 0.5) is 0 Å². The normalized spacial score (nSPS) is 11.1. The summed E-state index contributed by atoms with van der Waals surface area (Å²) >= 11 is 0. The van der Waals surface area contributed by atoms with E-state index in [0.29, 0.717) is 12.4 Å². The number of aliphatic hydroxyl groups is 4. The molecule has 0 bridgehead atoms. The summed E-state index contributed by atoms with van der Waals surface area (Å²) in [6, 6.07) is 9.30. The van der Waals surface area contributed by atoms with Gasteiger partial charge >= 0.3 is 43.0 Å². The van der Waals surface area contributed by atoms with Crippen molar-refractivity contribution in [3.63, 3.8) is 0 Å². The van der Waals surface area contributed by atoms with Gasteiger partial charge in [-0.15, -0.1) is 0 Å². The largest absolute Gasteiger partial charge is 0.427 e. The van der Waals surface area contributed by atoms with Crippen molar-refractivity contribution >= 4 is 43.0 Å². The molecule has 0 aliphatic carbocycles. The van der Waals surface area contributed by atoms with Gasteiger partial charge < -0.3 is 93.1 Å². The predicted molar refractivity (Wildman–Crippen MR) is 184 cm³/mol. The van der Waals surface area contributed by atoms with E-state index >= 15 is 0 Å². The molecule has 0 saturated heterocycles. The highest BCUT2D eigenvalue weighted by atomic mass is 31.2. The Balaban J connectivity index is -0.000000200. The molecule has 0 aliphatic heterocycles. The first-order valence-corrected chi connectivity index (χ1v) is 20.2. The highest BCUT2D eigenvalue weighted by Gasteiger charge is 2.26. The zero-order chi connectivity index (χ0) is 38.2. The van der Waals surface area contributed by atoms with Gasteiger partial charge in [-0.25, -0.2) is 0 Å². The molecular weight excluding hydrogens is 747 g/mol. The molecule has 17 N–H and O–H groups in total. The van der Waals surface area contributed by atoms with Crippen LogP contribution in [0.1, 0.15) is 77.6 Å². The maximum Gasteiger partial charge on any atom is 0.394 e. The molecule has 1 atom stereocenters. The van der Waals surface area contributed by atoms with E-state index in [1.807, 2.05) is 30.3 Å². The van der Waals surface area contributed by atoms with E-state index in [9.17, 15) is 4.89 Å². The Morgan fingerprint density at radius 1 is 0.479 bits per heavy atom. The first-order chi connectivity index (χ1) is 22.5. The number of hydrogen-bond donors (Lipinski definition) is 17. The summed E-state index contributed by atoms with van der Waals surface area (Å²) < 4.78 is 10.6. The lowest BCUT2D eigenvalue weighted by Crippen LogP contribution is -2.37. The van der Waals surface area contributed by atoms with Crippen LogP contribution in [-0.4, -0.2) is 117 Å². The fourth-order valence-corrected chi connectivity index (χ4v) is 3.45. The van der Waals surface area contributed by atoms with Gasteiger partial charge in [0.05, 0.1) is 38.4 Å². The van der Waals surface area contributed by atoms with E-state index in [1.165, 1.54) is 64.2 Å². The van der Waals surface area contributed by atoms with Crippen molar-refractivity contribution in [3.05, 3.63) is 30.3 Å². The van der Waals surface area contributed by atoms with Crippen LogP contribution in [0.5, 0.6) is 5.75 Å². The molecule has 0 radical (unpaired) electrons. The lowest BCUT2D eigenvalue weighted by Gasteiger charge is -2.23. The second-order valence-corrected chi connectivity index (χ2v) is 12.3. The van der Waals surface area contributed by atoms with E-state index in [1.54, 1.807) is 0 Å². The number of unbranched alkanes of at least 4 members (excludes halogenated alkanes) is 10. The van der Waals surface area contributed by atoms with Crippen LogP contribution in [0.3, 0.4) is 0 Å². The predicted octanol–water partition coefficient (Wildman–Crippen LogP) is 1.32. The molecule has 1 unspecified atom stereocenters. The van der Waals surface area contributed by atoms with Crippen molar-refractivity contribution in [1.82, 2.24) is 0 Å². The molecule has 292 valence electrons. The van der Waals surface area contributed by atoms with Gasteiger partial charge in [-0.1, -0.05) is 89.3 Å². The molecule has 0 aliphatic rings. The fraction of sp³-hybridized carbons (Fsp3) is 0.750. The van der Waals surface area contributed by atoms with Gasteiger partial charge in [0.25, 0.3) is 0 Å². The van der Waals surface area contributed by atoms with Crippen molar-refractivity contribution in [3.8, 4) is 5.75 Å². The number of rotatable bonds is 19. The second-order valence-electron chi connectivity index (χ2n) is 9.22. The van der Waals surface area contributed by atoms with Gasteiger partial charge in [0, 0.05) is 0 Å². The lowest BCUT2D eigenvalue weighted by atomic mass is 9.93. The molecule has 19 nitrogen and oxygen atoms in total. The summed E-state index contributed by atoms with van der Waals surface area (Å²) in [5, 5.41) is 34.0. The first kappa shape index (κ1) is 57.8. The molecule has 1 aromatic carbocycles. The third kappa shape index (κ3) is 64.9. The number of aliphatic hydroxyl groups excluding tert-OH is 4. The molecule has 1 rings (SSSR count). The summed E-state index contributed by atoms with van der Waals surface area (Å²) in [5.74, 6) is 0.653. The Labute approximate surface area is 288 Å². The molecule has 0 saturated carbocycles. The molecule has 0 heterocycles. The van der Waals surface area contributed by atoms with Crippen molar-refractivity contribution < 1.29 is 93.1 Å². The van der Waals surface area contributed by atoms with Gasteiger partial charge in [-0.3, -0.25) is 0 Å². The molecule has 48 heavy (non-hydrogen) atoms. The van der Waals surface area contributed by atoms with Crippen LogP contribution < -0.4 is 4.52 Å². The minimum atomic E-state index is -2.62.